The lowest BCUT2D eigenvalue weighted by molar-refractivity contribution is 0.428. The van der Waals surface area contributed by atoms with Gasteiger partial charge in [-0.2, -0.15) is 0 Å². The summed E-state index contributed by atoms with van der Waals surface area (Å²) >= 11 is 0. The summed E-state index contributed by atoms with van der Waals surface area (Å²) in [5, 5.41) is 13.1. The molecule has 0 radical (unpaired) electrons. The van der Waals surface area contributed by atoms with Crippen molar-refractivity contribution in [2.75, 3.05) is 13.1 Å². The lowest BCUT2D eigenvalue weighted by atomic mass is 10.1. The van der Waals surface area contributed by atoms with Crippen LogP contribution in [-0.4, -0.2) is 25.1 Å². The van der Waals surface area contributed by atoms with Crippen molar-refractivity contribution >= 4 is 5.96 Å². The zero-order valence-corrected chi connectivity index (χ0v) is 5.98. The molecule has 0 bridgehead atoms. The highest BCUT2D eigenvalue weighted by atomic mass is 15.1. The van der Waals surface area contributed by atoms with Gasteiger partial charge in [0.2, 0.25) is 0 Å². The van der Waals surface area contributed by atoms with Crippen molar-refractivity contribution in [3.8, 4) is 0 Å². The quantitative estimate of drug-likeness (QED) is 0.287. The topological polar surface area (TPSA) is 73.9 Å². The van der Waals surface area contributed by atoms with Gasteiger partial charge in [-0.3, -0.25) is 5.41 Å². The van der Waals surface area contributed by atoms with Gasteiger partial charge in [-0.05, 0) is 25.9 Å². The summed E-state index contributed by atoms with van der Waals surface area (Å²) in [4.78, 5) is 0. The van der Waals surface area contributed by atoms with Gasteiger partial charge < -0.3 is 16.4 Å². The highest BCUT2D eigenvalue weighted by molar-refractivity contribution is 5.74. The molecule has 0 aromatic heterocycles. The first-order chi connectivity index (χ1) is 4.79. The van der Waals surface area contributed by atoms with E-state index in [1.807, 2.05) is 0 Å². The molecule has 1 aliphatic rings. The number of rotatable bonds is 1. The maximum atomic E-state index is 6.98. The van der Waals surface area contributed by atoms with Crippen LogP contribution in [0.5, 0.6) is 0 Å². The van der Waals surface area contributed by atoms with Crippen LogP contribution in [0, 0.1) is 5.41 Å². The normalized spacial score (nSPS) is 20.4. The van der Waals surface area contributed by atoms with Gasteiger partial charge in [0.1, 0.15) is 0 Å². The maximum Gasteiger partial charge on any atom is 0.185 e. The van der Waals surface area contributed by atoms with E-state index in [4.69, 9.17) is 11.1 Å². The largest absolute Gasteiger partial charge is 0.370 e. The first-order valence-corrected chi connectivity index (χ1v) is 3.60. The fourth-order valence-electron chi connectivity index (χ4n) is 1.19. The van der Waals surface area contributed by atoms with E-state index in [0.717, 1.165) is 25.9 Å². The fourth-order valence-corrected chi connectivity index (χ4v) is 1.19. The van der Waals surface area contributed by atoms with E-state index in [9.17, 15) is 0 Å². The molecule has 0 aromatic carbocycles. The van der Waals surface area contributed by atoms with E-state index in [1.165, 1.54) is 0 Å². The average Bonchev–Trinajstić information content (AvgIpc) is 1.88. The van der Waals surface area contributed by atoms with Crippen LogP contribution in [0.3, 0.4) is 0 Å². The number of hydrogen-bond donors (Lipinski definition) is 4. The smallest absolute Gasteiger partial charge is 0.185 e. The molecule has 1 fully saturated rings. The van der Waals surface area contributed by atoms with Crippen LogP contribution >= 0.6 is 0 Å². The Labute approximate surface area is 60.7 Å². The molecule has 0 unspecified atom stereocenters. The number of nitrogens with two attached hydrogens (primary N) is 1. The third-order valence-corrected chi connectivity index (χ3v) is 1.70. The predicted octanol–water partition coefficient (Wildman–Crippen LogP) is -0.779. The van der Waals surface area contributed by atoms with Gasteiger partial charge in [0.15, 0.2) is 5.96 Å². The molecule has 4 heteroatoms. The summed E-state index contributed by atoms with van der Waals surface area (Å²) in [7, 11) is 0. The second kappa shape index (κ2) is 3.41. The summed E-state index contributed by atoms with van der Waals surface area (Å²) in [5.74, 6) is 0.0897. The molecule has 0 saturated carbocycles. The van der Waals surface area contributed by atoms with E-state index in [-0.39, 0.29) is 5.96 Å². The second-order valence-electron chi connectivity index (χ2n) is 2.58. The Morgan fingerprint density at radius 3 is 2.60 bits per heavy atom. The zero-order valence-electron chi connectivity index (χ0n) is 5.98. The number of hydrogen-bond acceptors (Lipinski definition) is 2. The maximum absolute atomic E-state index is 6.98. The van der Waals surface area contributed by atoms with Crippen LogP contribution in [0.15, 0.2) is 0 Å². The Hall–Kier alpha value is -0.770. The van der Waals surface area contributed by atoms with E-state index >= 15 is 0 Å². The van der Waals surface area contributed by atoms with Crippen molar-refractivity contribution in [1.82, 2.24) is 10.6 Å². The molecule has 0 aromatic rings. The second-order valence-corrected chi connectivity index (χ2v) is 2.58. The first kappa shape index (κ1) is 7.34. The highest BCUT2D eigenvalue weighted by Gasteiger charge is 2.11. The van der Waals surface area contributed by atoms with Crippen molar-refractivity contribution in [3.05, 3.63) is 0 Å². The van der Waals surface area contributed by atoms with E-state index < -0.39 is 0 Å². The molecule has 1 aliphatic heterocycles. The van der Waals surface area contributed by atoms with Gasteiger partial charge in [0.25, 0.3) is 0 Å². The molecular formula is C6H14N4. The molecule has 1 saturated heterocycles. The Bertz CT molecular complexity index is 117. The van der Waals surface area contributed by atoms with Gasteiger partial charge in [-0.15, -0.1) is 0 Å². The van der Waals surface area contributed by atoms with Crippen LogP contribution in [-0.2, 0) is 0 Å². The fraction of sp³-hybridized carbons (Fsp3) is 0.833. The van der Waals surface area contributed by atoms with Crippen molar-refractivity contribution in [2.24, 2.45) is 5.73 Å². The number of piperidine rings is 1. The van der Waals surface area contributed by atoms with Crippen molar-refractivity contribution in [2.45, 2.75) is 18.9 Å². The molecule has 1 heterocycles. The van der Waals surface area contributed by atoms with Crippen LogP contribution in [0.1, 0.15) is 12.8 Å². The van der Waals surface area contributed by atoms with E-state index in [1.54, 1.807) is 0 Å². The molecule has 0 spiro atoms. The first-order valence-electron chi connectivity index (χ1n) is 3.60. The predicted molar refractivity (Wildman–Crippen MR) is 40.9 cm³/mol. The summed E-state index contributed by atoms with van der Waals surface area (Å²) in [6.45, 7) is 2.07. The molecule has 10 heavy (non-hydrogen) atoms. The standard InChI is InChI=1S/C6H14N4/c7-6(8)10-5-1-3-9-4-2-5/h5,9H,1-4H2,(H4,7,8,10). The van der Waals surface area contributed by atoms with Gasteiger partial charge in [0, 0.05) is 6.04 Å². The van der Waals surface area contributed by atoms with Crippen LogP contribution in [0.2, 0.25) is 0 Å². The van der Waals surface area contributed by atoms with Crippen LogP contribution in [0.4, 0.5) is 0 Å². The van der Waals surface area contributed by atoms with E-state index in [2.05, 4.69) is 10.6 Å². The van der Waals surface area contributed by atoms with Gasteiger partial charge in [0.05, 0.1) is 0 Å². The molecule has 0 aliphatic carbocycles. The van der Waals surface area contributed by atoms with Gasteiger partial charge in [-0.25, -0.2) is 0 Å². The average molecular weight is 142 g/mol. The third-order valence-electron chi connectivity index (χ3n) is 1.70. The van der Waals surface area contributed by atoms with Gasteiger partial charge >= 0.3 is 0 Å². The molecule has 4 nitrogen and oxygen atoms in total. The van der Waals surface area contributed by atoms with Crippen molar-refractivity contribution < 1.29 is 0 Å². The minimum atomic E-state index is 0.0897. The minimum Gasteiger partial charge on any atom is -0.370 e. The monoisotopic (exact) mass is 142 g/mol. The van der Waals surface area contributed by atoms with Crippen molar-refractivity contribution in [1.29, 1.82) is 5.41 Å². The lowest BCUT2D eigenvalue weighted by Gasteiger charge is -2.23. The highest BCUT2D eigenvalue weighted by Crippen LogP contribution is 2.00. The van der Waals surface area contributed by atoms with Crippen molar-refractivity contribution in [3.63, 3.8) is 0 Å². The molecular weight excluding hydrogens is 128 g/mol. The lowest BCUT2D eigenvalue weighted by Crippen LogP contribution is -2.45. The summed E-state index contributed by atoms with van der Waals surface area (Å²) in [6.07, 6.45) is 2.14. The summed E-state index contributed by atoms with van der Waals surface area (Å²) < 4.78 is 0. The van der Waals surface area contributed by atoms with E-state index in [0.29, 0.717) is 6.04 Å². The molecule has 58 valence electrons. The number of nitrogens with one attached hydrogen (secondary N) is 3. The summed E-state index contributed by atoms with van der Waals surface area (Å²) in [5.41, 5.74) is 5.18. The van der Waals surface area contributed by atoms with Gasteiger partial charge in [-0.1, -0.05) is 0 Å². The SMILES string of the molecule is N=C(N)NC1CCNCC1. The molecule has 0 atom stereocenters. The Morgan fingerprint density at radius 1 is 1.50 bits per heavy atom. The molecule has 5 N–H and O–H groups in total. The Balaban J connectivity index is 2.19. The minimum absolute atomic E-state index is 0.0897. The number of guanidine groups is 1. The summed E-state index contributed by atoms with van der Waals surface area (Å²) in [6, 6.07) is 0.416. The Kier molecular flexibility index (Phi) is 2.50. The third kappa shape index (κ3) is 2.23. The Morgan fingerprint density at radius 2 is 2.10 bits per heavy atom. The van der Waals surface area contributed by atoms with Crippen LogP contribution in [0.25, 0.3) is 0 Å². The zero-order chi connectivity index (χ0) is 7.40. The molecule has 0 amide bonds. The molecule has 1 rings (SSSR count). The van der Waals surface area contributed by atoms with Crippen LogP contribution < -0.4 is 16.4 Å².